The van der Waals surface area contributed by atoms with Crippen molar-refractivity contribution in [3.05, 3.63) is 71.4 Å². The van der Waals surface area contributed by atoms with Gasteiger partial charge in [0.15, 0.2) is 11.0 Å². The Morgan fingerprint density at radius 1 is 1.03 bits per heavy atom. The summed E-state index contributed by atoms with van der Waals surface area (Å²) in [4.78, 5) is 14.8. The minimum absolute atomic E-state index is 0.0563. The van der Waals surface area contributed by atoms with Crippen molar-refractivity contribution in [2.75, 3.05) is 31.6 Å². The topological polar surface area (TPSA) is 114 Å². The molecule has 1 unspecified atom stereocenters. The number of nitrogens with zero attached hydrogens (tertiary/aromatic N) is 4. The fraction of sp³-hybridized carbons (Fsp3) is 0.292. The van der Waals surface area contributed by atoms with Gasteiger partial charge in [0.05, 0.1) is 12.0 Å². The molecule has 3 aromatic rings. The van der Waals surface area contributed by atoms with Crippen molar-refractivity contribution >= 4 is 33.3 Å². The van der Waals surface area contributed by atoms with Crippen molar-refractivity contribution in [2.24, 2.45) is 0 Å². The van der Waals surface area contributed by atoms with Crippen LogP contribution in [0.4, 0.5) is 19.0 Å². The molecule has 1 aliphatic rings. The van der Waals surface area contributed by atoms with Crippen LogP contribution in [0.2, 0.25) is 5.15 Å². The number of aromatic nitrogens is 2. The van der Waals surface area contributed by atoms with E-state index in [0.717, 1.165) is 34.1 Å². The zero-order valence-corrected chi connectivity index (χ0v) is 22.0. The lowest BCUT2D eigenvalue weighted by Gasteiger charge is -2.40. The van der Waals surface area contributed by atoms with E-state index in [2.05, 4.69) is 20.3 Å². The number of rotatable bonds is 8. The van der Waals surface area contributed by atoms with Gasteiger partial charge in [0.2, 0.25) is 15.9 Å². The van der Waals surface area contributed by atoms with Crippen LogP contribution in [0.5, 0.6) is 11.5 Å². The molecule has 2 aromatic carbocycles. The van der Waals surface area contributed by atoms with Crippen LogP contribution in [0.25, 0.3) is 0 Å². The van der Waals surface area contributed by atoms with Gasteiger partial charge in [0.25, 0.3) is 0 Å². The summed E-state index contributed by atoms with van der Waals surface area (Å²) in [6.07, 6.45) is -4.92. The summed E-state index contributed by atoms with van der Waals surface area (Å²) in [5.74, 6) is -0.0987. The first kappa shape index (κ1) is 28.4. The molecule has 0 saturated carbocycles. The number of carbonyl (C=O) groups excluding carboxylic acids is 1. The predicted octanol–water partition coefficient (Wildman–Crippen LogP) is 3.23. The van der Waals surface area contributed by atoms with Gasteiger partial charge in [-0.05, 0) is 54.1 Å². The number of methoxy groups -OCH3 is 1. The highest BCUT2D eigenvalue weighted by atomic mass is 35.5. The molecule has 1 aromatic heterocycles. The Morgan fingerprint density at radius 3 is 2.28 bits per heavy atom. The minimum Gasteiger partial charge on any atom is -0.497 e. The van der Waals surface area contributed by atoms with E-state index in [4.69, 9.17) is 16.3 Å². The Bertz CT molecular complexity index is 1390. The molecule has 1 fully saturated rings. The summed E-state index contributed by atoms with van der Waals surface area (Å²) >= 11 is 5.82. The summed E-state index contributed by atoms with van der Waals surface area (Å²) in [6.45, 7) is 0.137. The van der Waals surface area contributed by atoms with E-state index in [-0.39, 0.29) is 36.2 Å². The van der Waals surface area contributed by atoms with E-state index in [9.17, 15) is 26.4 Å². The van der Waals surface area contributed by atoms with E-state index in [1.54, 1.807) is 35.2 Å². The third-order valence-corrected chi connectivity index (χ3v) is 7.99. The van der Waals surface area contributed by atoms with Crippen LogP contribution in [-0.4, -0.2) is 68.0 Å². The normalized spacial score (nSPS) is 16.5. The summed E-state index contributed by atoms with van der Waals surface area (Å²) < 4.78 is 74.6. The van der Waals surface area contributed by atoms with Crippen LogP contribution in [0, 0.1) is 0 Å². The van der Waals surface area contributed by atoms with Gasteiger partial charge in [0, 0.05) is 26.2 Å². The van der Waals surface area contributed by atoms with Crippen molar-refractivity contribution in [2.45, 2.75) is 23.8 Å². The zero-order valence-electron chi connectivity index (χ0n) is 20.4. The Morgan fingerprint density at radius 2 is 1.69 bits per heavy atom. The molecule has 2 heterocycles. The number of carbonyl (C=O) groups is 1. The Labute approximate surface area is 227 Å². The smallest absolute Gasteiger partial charge is 0.497 e. The molecule has 39 heavy (non-hydrogen) atoms. The Hall–Kier alpha value is -3.62. The third kappa shape index (κ3) is 7.07. The third-order valence-electron chi connectivity index (χ3n) is 5.87. The van der Waals surface area contributed by atoms with E-state index in [1.807, 2.05) is 0 Å². The van der Waals surface area contributed by atoms with Gasteiger partial charge in [0.1, 0.15) is 17.5 Å². The number of amides is 1. The second-order valence-corrected chi connectivity index (χ2v) is 10.7. The second kappa shape index (κ2) is 11.6. The van der Waals surface area contributed by atoms with Gasteiger partial charge in [-0.15, -0.1) is 23.4 Å². The van der Waals surface area contributed by atoms with Gasteiger partial charge < -0.3 is 19.7 Å². The van der Waals surface area contributed by atoms with Gasteiger partial charge in [-0.3, -0.25) is 4.79 Å². The van der Waals surface area contributed by atoms with E-state index < -0.39 is 34.1 Å². The average molecular weight is 586 g/mol. The molecule has 1 saturated heterocycles. The molecule has 1 aliphatic heterocycles. The molecule has 1 amide bonds. The molecule has 0 spiro atoms. The van der Waals surface area contributed by atoms with Crippen LogP contribution < -0.4 is 19.7 Å². The first-order valence-corrected chi connectivity index (χ1v) is 13.3. The first-order chi connectivity index (χ1) is 18.5. The Balaban J connectivity index is 1.57. The number of ether oxygens (including phenoxy) is 2. The highest BCUT2D eigenvalue weighted by Crippen LogP contribution is 2.28. The fourth-order valence-electron chi connectivity index (χ4n) is 3.95. The highest BCUT2D eigenvalue weighted by Gasteiger charge is 2.41. The summed E-state index contributed by atoms with van der Waals surface area (Å²) in [6, 6.07) is 12.7. The number of nitrogens with one attached hydrogen (secondary N) is 1. The number of alkyl halides is 3. The maximum atomic E-state index is 13.5. The van der Waals surface area contributed by atoms with Crippen LogP contribution in [0.3, 0.4) is 0 Å². The van der Waals surface area contributed by atoms with Crippen LogP contribution in [-0.2, 0) is 21.4 Å². The van der Waals surface area contributed by atoms with Gasteiger partial charge in [-0.25, -0.2) is 8.42 Å². The first-order valence-electron chi connectivity index (χ1n) is 11.5. The maximum absolute atomic E-state index is 13.5. The molecular weight excluding hydrogens is 563 g/mol. The van der Waals surface area contributed by atoms with Crippen molar-refractivity contribution in [3.63, 3.8) is 0 Å². The number of sulfonamides is 1. The molecule has 10 nitrogen and oxygen atoms in total. The quantitative estimate of drug-likeness (QED) is 0.429. The summed E-state index contributed by atoms with van der Waals surface area (Å²) in [7, 11) is -2.76. The van der Waals surface area contributed by atoms with Gasteiger partial charge >= 0.3 is 6.36 Å². The number of benzene rings is 2. The Kier molecular flexibility index (Phi) is 8.47. The average Bonchev–Trinajstić information content (AvgIpc) is 2.91. The SMILES string of the molecule is COc1ccc(CNC(=O)C2CN(c3ccc(Cl)nn3)CCN2S(=O)(=O)c2ccc(OC(F)(F)F)cc2)cc1. The number of piperazine rings is 1. The van der Waals surface area contributed by atoms with Crippen LogP contribution >= 0.6 is 11.6 Å². The molecule has 208 valence electrons. The van der Waals surface area contributed by atoms with Crippen molar-refractivity contribution < 1.29 is 35.9 Å². The van der Waals surface area contributed by atoms with Crippen LogP contribution in [0.1, 0.15) is 5.56 Å². The lowest BCUT2D eigenvalue weighted by Crippen LogP contribution is -2.60. The van der Waals surface area contributed by atoms with E-state index in [0.29, 0.717) is 11.6 Å². The number of halogens is 4. The molecule has 0 radical (unpaired) electrons. The van der Waals surface area contributed by atoms with Crippen molar-refractivity contribution in [1.29, 1.82) is 0 Å². The predicted molar refractivity (Wildman–Crippen MR) is 135 cm³/mol. The molecular formula is C24H23ClF3N5O5S. The van der Waals surface area contributed by atoms with Crippen molar-refractivity contribution in [1.82, 2.24) is 19.8 Å². The number of hydrogen-bond acceptors (Lipinski definition) is 8. The van der Waals surface area contributed by atoms with Gasteiger partial charge in [-0.2, -0.15) is 4.31 Å². The molecule has 0 bridgehead atoms. The largest absolute Gasteiger partial charge is 0.573 e. The zero-order chi connectivity index (χ0) is 28.2. The monoisotopic (exact) mass is 585 g/mol. The number of anilines is 1. The lowest BCUT2D eigenvalue weighted by atomic mass is 10.1. The molecule has 15 heteroatoms. The molecule has 1 N–H and O–H groups in total. The minimum atomic E-state index is -4.92. The molecule has 4 rings (SSSR count). The molecule has 1 atom stereocenters. The van der Waals surface area contributed by atoms with Gasteiger partial charge in [-0.1, -0.05) is 23.7 Å². The number of hydrogen-bond donors (Lipinski definition) is 1. The highest BCUT2D eigenvalue weighted by molar-refractivity contribution is 7.89. The van der Waals surface area contributed by atoms with Crippen LogP contribution in [0.15, 0.2) is 65.6 Å². The van der Waals surface area contributed by atoms with E-state index >= 15 is 0 Å². The summed E-state index contributed by atoms with van der Waals surface area (Å²) in [5.41, 5.74) is 0.759. The molecule has 0 aliphatic carbocycles. The second-order valence-electron chi connectivity index (χ2n) is 8.38. The van der Waals surface area contributed by atoms with Crippen molar-refractivity contribution in [3.8, 4) is 11.5 Å². The standard InChI is InChI=1S/C24H23ClF3N5O5S/c1-37-17-4-2-16(3-5-17)14-29-23(34)20-15-32(22-11-10-21(25)30-31-22)12-13-33(20)39(35,36)19-8-6-18(7-9-19)38-24(26,27)28/h2-11,20H,12-15H2,1H3,(H,29,34). The summed E-state index contributed by atoms with van der Waals surface area (Å²) in [5, 5.41) is 10.8. The fourth-order valence-corrected chi connectivity index (χ4v) is 5.62. The maximum Gasteiger partial charge on any atom is 0.573 e. The van der Waals surface area contributed by atoms with E-state index in [1.165, 1.54) is 13.2 Å². The lowest BCUT2D eigenvalue weighted by molar-refractivity contribution is -0.274.